The van der Waals surface area contributed by atoms with Crippen molar-refractivity contribution in [2.45, 2.75) is 25.5 Å². The van der Waals surface area contributed by atoms with Gasteiger partial charge in [-0.25, -0.2) is 14.5 Å². The number of aromatic nitrogens is 4. The predicted molar refractivity (Wildman–Crippen MR) is 150 cm³/mol. The molecule has 9 nitrogen and oxygen atoms in total. The van der Waals surface area contributed by atoms with E-state index in [1.165, 1.54) is 0 Å². The molecule has 2 aromatic heterocycles. The molecule has 194 valence electrons. The number of ether oxygens (including phenoxy) is 2. The van der Waals surface area contributed by atoms with Gasteiger partial charge in [0.25, 0.3) is 0 Å². The predicted octanol–water partition coefficient (Wildman–Crippen LogP) is 3.59. The van der Waals surface area contributed by atoms with Crippen LogP contribution < -0.4 is 15.0 Å². The number of hydrogen-bond acceptors (Lipinski definition) is 9. The summed E-state index contributed by atoms with van der Waals surface area (Å²) < 4.78 is 25.9. The van der Waals surface area contributed by atoms with E-state index in [9.17, 15) is 4.21 Å². The molecule has 1 unspecified atom stereocenters. The smallest absolute Gasteiger partial charge is 0.239 e. The van der Waals surface area contributed by atoms with Gasteiger partial charge >= 0.3 is 0 Å². The van der Waals surface area contributed by atoms with Gasteiger partial charge in [0.15, 0.2) is 11.6 Å². The van der Waals surface area contributed by atoms with Crippen LogP contribution in [0.2, 0.25) is 0 Å². The molecule has 0 saturated carbocycles. The van der Waals surface area contributed by atoms with Crippen molar-refractivity contribution >= 4 is 48.6 Å². The highest BCUT2D eigenvalue weighted by atomic mass is 32.8. The highest BCUT2D eigenvalue weighted by Gasteiger charge is 2.38. The maximum Gasteiger partial charge on any atom is 0.239 e. The first-order valence-corrected chi connectivity index (χ1v) is 14.7. The van der Waals surface area contributed by atoms with Crippen LogP contribution in [0.1, 0.15) is 32.0 Å². The highest BCUT2D eigenvalue weighted by Crippen LogP contribution is 2.41. The molecule has 3 heterocycles. The molecule has 0 amide bonds. The SMILES string of the molecule is C=Cc1ccc2nc(NC)n(-c3nc(N4CCOC[C@@H](C)C4)c(OC)c(C(C)(C)S(C)(=O)=S)n3)c2c1. The van der Waals surface area contributed by atoms with Gasteiger partial charge in [0.05, 0.1) is 36.1 Å². The number of methoxy groups -OCH3 is 1. The lowest BCUT2D eigenvalue weighted by atomic mass is 10.1. The Hall–Kier alpha value is -2.76. The van der Waals surface area contributed by atoms with Crippen molar-refractivity contribution in [3.63, 3.8) is 0 Å². The molecular weight excluding hydrogens is 496 g/mol. The summed E-state index contributed by atoms with van der Waals surface area (Å²) in [7, 11) is 0.646. The third-order valence-electron chi connectivity index (χ3n) is 6.61. The van der Waals surface area contributed by atoms with E-state index in [1.54, 1.807) is 26.5 Å². The molecule has 2 atom stereocenters. The third kappa shape index (κ3) is 4.67. The quantitative estimate of drug-likeness (QED) is 0.492. The lowest BCUT2D eigenvalue weighted by Crippen LogP contribution is -2.34. The van der Waals surface area contributed by atoms with Crippen LogP contribution in [-0.2, 0) is 29.2 Å². The van der Waals surface area contributed by atoms with Crippen LogP contribution in [0.15, 0.2) is 24.8 Å². The second kappa shape index (κ2) is 9.95. The molecule has 0 spiro atoms. The average molecular weight is 531 g/mol. The first-order chi connectivity index (χ1) is 17.0. The van der Waals surface area contributed by atoms with Crippen molar-refractivity contribution < 1.29 is 13.7 Å². The van der Waals surface area contributed by atoms with Gasteiger partial charge in [0, 0.05) is 34.9 Å². The van der Waals surface area contributed by atoms with E-state index >= 15 is 0 Å². The fourth-order valence-corrected chi connectivity index (χ4v) is 5.00. The number of anilines is 2. The molecule has 4 rings (SSSR count). The Labute approximate surface area is 217 Å². The highest BCUT2D eigenvalue weighted by molar-refractivity contribution is 8.33. The summed E-state index contributed by atoms with van der Waals surface area (Å²) in [5, 5.41) is 3.16. The minimum Gasteiger partial charge on any atom is -0.491 e. The van der Waals surface area contributed by atoms with Crippen LogP contribution in [0.25, 0.3) is 23.1 Å². The number of imidazole rings is 1. The van der Waals surface area contributed by atoms with Gasteiger partial charge in [-0.2, -0.15) is 4.98 Å². The number of nitrogens with one attached hydrogen (secondary N) is 1. The fourth-order valence-electron chi connectivity index (χ4n) is 4.27. The maximum absolute atomic E-state index is 13.3. The molecule has 1 aromatic carbocycles. The molecule has 1 aliphatic rings. The van der Waals surface area contributed by atoms with Crippen LogP contribution in [-0.4, -0.2) is 70.4 Å². The Morgan fingerprint density at radius 1 is 1.33 bits per heavy atom. The second-order valence-electron chi connectivity index (χ2n) is 9.61. The van der Waals surface area contributed by atoms with Gasteiger partial charge in [0.2, 0.25) is 11.9 Å². The van der Waals surface area contributed by atoms with Gasteiger partial charge in [0.1, 0.15) is 5.69 Å². The fraction of sp³-hybridized carbons (Fsp3) is 0.480. The number of hydrogen-bond donors (Lipinski definition) is 1. The van der Waals surface area contributed by atoms with E-state index in [2.05, 4.69) is 23.7 Å². The van der Waals surface area contributed by atoms with Crippen molar-refractivity contribution in [2.75, 3.05) is 56.9 Å². The average Bonchev–Trinajstić information content (AvgIpc) is 3.07. The van der Waals surface area contributed by atoms with Crippen molar-refractivity contribution in [2.24, 2.45) is 5.92 Å². The standard InChI is InChI=1S/C25H34N6O3S2/c1-8-17-9-10-18-19(13-17)31(23(26-5)27-18)24-28-21(25(3,4)36(7,32)35)20(33-6)22(29-24)30-11-12-34-15-16(2)14-30/h8-10,13,16H,1,11-12,14-15H2,2-7H3,(H,26,27)/t16-,36?/m0/s1. The van der Waals surface area contributed by atoms with Gasteiger partial charge in [-0.1, -0.05) is 25.6 Å². The second-order valence-corrected chi connectivity index (χ2v) is 14.1. The number of rotatable bonds is 7. The van der Waals surface area contributed by atoms with E-state index in [4.69, 9.17) is 35.6 Å². The molecule has 11 heteroatoms. The zero-order valence-electron chi connectivity index (χ0n) is 21.7. The number of nitrogens with zero attached hydrogens (tertiary/aromatic N) is 5. The molecule has 1 fully saturated rings. The monoisotopic (exact) mass is 530 g/mol. The molecule has 1 aliphatic heterocycles. The molecule has 36 heavy (non-hydrogen) atoms. The van der Waals surface area contributed by atoms with Crippen LogP contribution in [0.4, 0.5) is 11.8 Å². The van der Waals surface area contributed by atoms with E-state index in [0.717, 1.165) is 23.1 Å². The molecule has 0 bridgehead atoms. The van der Waals surface area contributed by atoms with Crippen LogP contribution in [0.5, 0.6) is 5.75 Å². The van der Waals surface area contributed by atoms with Gasteiger partial charge in [-0.3, -0.25) is 4.21 Å². The molecule has 3 aromatic rings. The lowest BCUT2D eigenvalue weighted by molar-refractivity contribution is 0.129. The first kappa shape index (κ1) is 26.3. The Morgan fingerprint density at radius 3 is 2.72 bits per heavy atom. The lowest BCUT2D eigenvalue weighted by Gasteiger charge is -2.31. The summed E-state index contributed by atoms with van der Waals surface area (Å²) in [6.07, 6.45) is 3.36. The Morgan fingerprint density at radius 2 is 2.08 bits per heavy atom. The van der Waals surface area contributed by atoms with Crippen LogP contribution >= 0.6 is 0 Å². The summed E-state index contributed by atoms with van der Waals surface area (Å²) in [6, 6.07) is 5.89. The Bertz CT molecular complexity index is 1400. The van der Waals surface area contributed by atoms with Crippen molar-refractivity contribution in [3.8, 4) is 11.7 Å². The van der Waals surface area contributed by atoms with Gasteiger partial charge in [-0.05, 0) is 48.6 Å². The van der Waals surface area contributed by atoms with E-state index in [0.29, 0.717) is 54.8 Å². The molecule has 1 saturated heterocycles. The minimum absolute atomic E-state index is 0.290. The number of fused-ring (bicyclic) bond motifs is 1. The van der Waals surface area contributed by atoms with Crippen molar-refractivity contribution in [1.29, 1.82) is 0 Å². The summed E-state index contributed by atoms with van der Waals surface area (Å²) >= 11 is 5.49. The van der Waals surface area contributed by atoms with Crippen molar-refractivity contribution in [1.82, 2.24) is 19.5 Å². The summed E-state index contributed by atoms with van der Waals surface area (Å²) in [6.45, 7) is 12.3. The van der Waals surface area contributed by atoms with Gasteiger partial charge in [-0.15, -0.1) is 0 Å². The maximum atomic E-state index is 13.3. The summed E-state index contributed by atoms with van der Waals surface area (Å²) in [4.78, 5) is 16.9. The first-order valence-electron chi connectivity index (χ1n) is 11.8. The zero-order valence-corrected chi connectivity index (χ0v) is 23.3. The summed E-state index contributed by atoms with van der Waals surface area (Å²) in [5.74, 6) is 2.34. The van der Waals surface area contributed by atoms with E-state index in [-0.39, 0.29) is 0 Å². The van der Waals surface area contributed by atoms with Crippen molar-refractivity contribution in [3.05, 3.63) is 36.0 Å². The van der Waals surface area contributed by atoms with E-state index in [1.807, 2.05) is 36.6 Å². The van der Waals surface area contributed by atoms with E-state index < -0.39 is 13.2 Å². The Balaban J connectivity index is 2.08. The normalized spacial score (nSPS) is 18.5. The Kier molecular flexibility index (Phi) is 7.27. The van der Waals surface area contributed by atoms with Crippen LogP contribution in [0.3, 0.4) is 0 Å². The molecule has 0 aliphatic carbocycles. The zero-order chi connectivity index (χ0) is 26.3. The van der Waals surface area contributed by atoms with Crippen LogP contribution in [0, 0.1) is 5.92 Å². The number of benzene rings is 1. The largest absolute Gasteiger partial charge is 0.491 e. The molecule has 1 N–H and O–H groups in total. The molecule has 0 radical (unpaired) electrons. The molecular formula is C25H34N6O3S2. The third-order valence-corrected chi connectivity index (χ3v) is 9.91. The van der Waals surface area contributed by atoms with Gasteiger partial charge < -0.3 is 19.7 Å². The topological polar surface area (TPSA) is 94.4 Å². The minimum atomic E-state index is -2.74. The summed E-state index contributed by atoms with van der Waals surface area (Å²) in [5.41, 5.74) is 3.04.